The van der Waals surface area contributed by atoms with Crippen LogP contribution in [0.4, 0.5) is 8.78 Å². The highest BCUT2D eigenvalue weighted by Gasteiger charge is 2.07. The van der Waals surface area contributed by atoms with Crippen LogP contribution in [0.3, 0.4) is 0 Å². The second-order valence-electron chi connectivity index (χ2n) is 4.72. The number of halogens is 2. The van der Waals surface area contributed by atoms with Gasteiger partial charge in [-0.1, -0.05) is 5.21 Å². The number of hydrogen-bond acceptors (Lipinski definition) is 7. The van der Waals surface area contributed by atoms with Crippen molar-refractivity contribution >= 4 is 0 Å². The molecule has 130 valence electrons. The summed E-state index contributed by atoms with van der Waals surface area (Å²) in [6, 6.07) is 6.20. The fourth-order valence-electron chi connectivity index (χ4n) is 1.89. The molecule has 0 fully saturated rings. The number of alkyl halides is 2. The molecule has 10 heteroatoms. The van der Waals surface area contributed by atoms with E-state index >= 15 is 0 Å². The molecule has 8 nitrogen and oxygen atoms in total. The van der Waals surface area contributed by atoms with E-state index in [9.17, 15) is 8.78 Å². The van der Waals surface area contributed by atoms with Gasteiger partial charge < -0.3 is 14.2 Å². The van der Waals surface area contributed by atoms with Crippen LogP contribution >= 0.6 is 0 Å². The number of rotatable bonds is 7. The molecular weight excluding hydrogens is 336 g/mol. The van der Waals surface area contributed by atoms with Gasteiger partial charge in [-0.05, 0) is 24.3 Å². The molecule has 0 N–H and O–H groups in total. The first-order valence-corrected chi connectivity index (χ1v) is 7.09. The van der Waals surface area contributed by atoms with Gasteiger partial charge in [-0.25, -0.2) is 4.68 Å². The molecule has 3 aromatic rings. The average Bonchev–Trinajstić information content (AvgIpc) is 3.09. The van der Waals surface area contributed by atoms with E-state index in [0.717, 1.165) is 0 Å². The summed E-state index contributed by atoms with van der Waals surface area (Å²) in [5.41, 5.74) is 1.19. The van der Waals surface area contributed by atoms with Crippen molar-refractivity contribution in [2.45, 2.75) is 13.2 Å². The predicted molar refractivity (Wildman–Crippen MR) is 80.9 cm³/mol. The van der Waals surface area contributed by atoms with Crippen LogP contribution in [-0.2, 0) is 6.61 Å². The Kier molecular flexibility index (Phi) is 4.97. The summed E-state index contributed by atoms with van der Waals surface area (Å²) in [6.45, 7) is -2.74. The van der Waals surface area contributed by atoms with E-state index in [4.69, 9.17) is 9.47 Å². The first-order chi connectivity index (χ1) is 12.1. The van der Waals surface area contributed by atoms with Gasteiger partial charge in [0.2, 0.25) is 0 Å². The fourth-order valence-corrected chi connectivity index (χ4v) is 1.89. The Morgan fingerprint density at radius 1 is 1.08 bits per heavy atom. The summed E-state index contributed by atoms with van der Waals surface area (Å²) in [5, 5.41) is 7.92. The van der Waals surface area contributed by atoms with Crippen LogP contribution in [0.5, 0.6) is 17.5 Å². The van der Waals surface area contributed by atoms with Crippen molar-refractivity contribution in [2.75, 3.05) is 7.11 Å². The molecular formula is C15H13F2N5O3. The van der Waals surface area contributed by atoms with Crippen LogP contribution in [0.2, 0.25) is 0 Å². The minimum Gasteiger partial charge on any atom is -0.494 e. The first kappa shape index (κ1) is 16.6. The third-order valence-electron chi connectivity index (χ3n) is 3.06. The summed E-state index contributed by atoms with van der Waals surface area (Å²) in [7, 11) is 1.52. The molecule has 2 aromatic heterocycles. The molecule has 1 aromatic carbocycles. The zero-order chi connectivity index (χ0) is 17.6. The maximum atomic E-state index is 12.1. The van der Waals surface area contributed by atoms with E-state index < -0.39 is 6.61 Å². The Hall–Kier alpha value is -3.30. The molecule has 3 rings (SSSR count). The third kappa shape index (κ3) is 4.37. The molecule has 0 radical (unpaired) electrons. The van der Waals surface area contributed by atoms with Gasteiger partial charge in [0.25, 0.3) is 0 Å². The van der Waals surface area contributed by atoms with Crippen LogP contribution in [-0.4, -0.2) is 38.7 Å². The Morgan fingerprint density at radius 2 is 1.80 bits per heavy atom. The summed E-state index contributed by atoms with van der Waals surface area (Å²) in [4.78, 5) is 7.95. The molecule has 0 saturated carbocycles. The van der Waals surface area contributed by atoms with Gasteiger partial charge in [0.15, 0.2) is 5.75 Å². The number of benzene rings is 1. The van der Waals surface area contributed by atoms with Crippen LogP contribution in [0.1, 0.15) is 5.69 Å². The SMILES string of the molecule is COc1cnc(OCc2cn(-c3ccc(OC(F)F)cc3)nn2)nc1. The van der Waals surface area contributed by atoms with Gasteiger partial charge in [0, 0.05) is 0 Å². The molecule has 0 bridgehead atoms. The zero-order valence-corrected chi connectivity index (χ0v) is 13.0. The first-order valence-electron chi connectivity index (χ1n) is 7.09. The maximum absolute atomic E-state index is 12.1. The van der Waals surface area contributed by atoms with E-state index in [2.05, 4.69) is 25.0 Å². The third-order valence-corrected chi connectivity index (χ3v) is 3.06. The van der Waals surface area contributed by atoms with Gasteiger partial charge in [-0.15, -0.1) is 5.10 Å². The minimum atomic E-state index is -2.86. The minimum absolute atomic E-state index is 0.0686. The lowest BCUT2D eigenvalue weighted by Gasteiger charge is -2.05. The van der Waals surface area contributed by atoms with Gasteiger partial charge >= 0.3 is 12.6 Å². The second kappa shape index (κ2) is 7.51. The molecule has 2 heterocycles. The Labute approximate surface area is 141 Å². The molecule has 0 spiro atoms. The number of ether oxygens (including phenoxy) is 3. The number of nitrogens with zero attached hydrogens (tertiary/aromatic N) is 5. The van der Waals surface area contributed by atoms with Crippen molar-refractivity contribution < 1.29 is 23.0 Å². The quantitative estimate of drug-likeness (QED) is 0.647. The lowest BCUT2D eigenvalue weighted by Crippen LogP contribution is -2.02. The average molecular weight is 349 g/mol. The van der Waals surface area contributed by atoms with E-state index in [-0.39, 0.29) is 18.4 Å². The van der Waals surface area contributed by atoms with Crippen molar-refractivity contribution in [1.29, 1.82) is 0 Å². The topological polar surface area (TPSA) is 84.2 Å². The normalized spacial score (nSPS) is 10.7. The van der Waals surface area contributed by atoms with Crippen molar-refractivity contribution in [1.82, 2.24) is 25.0 Å². The lowest BCUT2D eigenvalue weighted by molar-refractivity contribution is -0.0498. The molecule has 0 amide bonds. The van der Waals surface area contributed by atoms with E-state index in [1.165, 1.54) is 36.3 Å². The molecule has 0 aliphatic heterocycles. The molecule has 0 saturated heterocycles. The van der Waals surface area contributed by atoms with E-state index in [1.807, 2.05) is 0 Å². The summed E-state index contributed by atoms with van der Waals surface area (Å²) < 4.78 is 40.4. The van der Waals surface area contributed by atoms with Crippen LogP contribution in [0.25, 0.3) is 5.69 Å². The number of methoxy groups -OCH3 is 1. The Balaban J connectivity index is 1.61. The van der Waals surface area contributed by atoms with Crippen molar-refractivity contribution in [3.05, 3.63) is 48.5 Å². The molecule has 0 aliphatic rings. The molecule has 0 aliphatic carbocycles. The van der Waals surface area contributed by atoms with E-state index in [1.54, 1.807) is 18.3 Å². The zero-order valence-electron chi connectivity index (χ0n) is 13.0. The highest BCUT2D eigenvalue weighted by atomic mass is 19.3. The highest BCUT2D eigenvalue weighted by molar-refractivity contribution is 5.36. The van der Waals surface area contributed by atoms with Gasteiger partial charge in [0.1, 0.15) is 18.1 Å². The van der Waals surface area contributed by atoms with E-state index in [0.29, 0.717) is 17.1 Å². The smallest absolute Gasteiger partial charge is 0.387 e. The molecule has 25 heavy (non-hydrogen) atoms. The van der Waals surface area contributed by atoms with Gasteiger partial charge in [-0.2, -0.15) is 18.7 Å². The van der Waals surface area contributed by atoms with Gasteiger partial charge in [0.05, 0.1) is 31.4 Å². The van der Waals surface area contributed by atoms with Crippen molar-refractivity contribution in [3.63, 3.8) is 0 Å². The summed E-state index contributed by atoms with van der Waals surface area (Å²) >= 11 is 0. The Morgan fingerprint density at radius 3 is 2.44 bits per heavy atom. The standard InChI is InChI=1S/C15H13F2N5O3/c1-23-13-6-18-15(19-7-13)24-9-10-8-22(21-20-10)11-2-4-12(5-3-11)25-14(16)17/h2-8,14H,9H2,1H3. The van der Waals surface area contributed by atoms with Crippen LogP contribution in [0.15, 0.2) is 42.9 Å². The van der Waals surface area contributed by atoms with Crippen LogP contribution < -0.4 is 14.2 Å². The van der Waals surface area contributed by atoms with Crippen LogP contribution in [0, 0.1) is 0 Å². The predicted octanol–water partition coefficient (Wildman–Crippen LogP) is 2.25. The number of aromatic nitrogens is 5. The summed E-state index contributed by atoms with van der Waals surface area (Å²) in [5.74, 6) is 0.594. The van der Waals surface area contributed by atoms with Crippen molar-refractivity contribution in [3.8, 4) is 23.2 Å². The Bertz CT molecular complexity index is 809. The summed E-state index contributed by atoms with van der Waals surface area (Å²) in [6.07, 6.45) is 4.62. The van der Waals surface area contributed by atoms with Gasteiger partial charge in [-0.3, -0.25) is 0 Å². The lowest BCUT2D eigenvalue weighted by atomic mass is 10.3. The highest BCUT2D eigenvalue weighted by Crippen LogP contribution is 2.17. The fraction of sp³-hybridized carbons (Fsp3) is 0.200. The molecule has 0 unspecified atom stereocenters. The largest absolute Gasteiger partial charge is 0.494 e. The second-order valence-corrected chi connectivity index (χ2v) is 4.72. The maximum Gasteiger partial charge on any atom is 0.387 e. The monoisotopic (exact) mass is 349 g/mol. The molecule has 0 atom stereocenters. The number of hydrogen-bond donors (Lipinski definition) is 0. The van der Waals surface area contributed by atoms with Crippen molar-refractivity contribution in [2.24, 2.45) is 0 Å².